The van der Waals surface area contributed by atoms with E-state index in [0.717, 1.165) is 50.3 Å². The highest BCUT2D eigenvalue weighted by molar-refractivity contribution is 14.0. The molecule has 0 spiro atoms. The number of anilines is 1. The van der Waals surface area contributed by atoms with Gasteiger partial charge in [0.2, 0.25) is 0 Å². The van der Waals surface area contributed by atoms with Crippen LogP contribution in [0.25, 0.3) is 0 Å². The standard InChI is InChI=1S/C21H35ClN6.HI/c1-18(17-26-9-7-25(3)8-10-26)16-24-21(23-2)28-13-11-27(12-14-28)20-6-4-5-19(22)15-20;/h4-6,15,18H,7-14,16-17H2,1-3H3,(H,23,24);1H. The van der Waals surface area contributed by atoms with Crippen molar-refractivity contribution >= 4 is 47.2 Å². The monoisotopic (exact) mass is 534 g/mol. The van der Waals surface area contributed by atoms with Gasteiger partial charge in [0.05, 0.1) is 0 Å². The number of nitrogens with zero attached hydrogens (tertiary/aromatic N) is 5. The molecule has 1 unspecified atom stereocenters. The fourth-order valence-corrected chi connectivity index (χ4v) is 4.17. The van der Waals surface area contributed by atoms with E-state index in [-0.39, 0.29) is 24.0 Å². The summed E-state index contributed by atoms with van der Waals surface area (Å²) in [6.45, 7) is 13.1. The topological polar surface area (TPSA) is 37.4 Å². The van der Waals surface area contributed by atoms with Crippen molar-refractivity contribution in [3.05, 3.63) is 29.3 Å². The molecule has 164 valence electrons. The molecule has 2 aliphatic rings. The molecule has 2 aliphatic heterocycles. The van der Waals surface area contributed by atoms with Crippen LogP contribution in [0.3, 0.4) is 0 Å². The molecule has 1 N–H and O–H groups in total. The average Bonchev–Trinajstić information content (AvgIpc) is 2.71. The number of hydrogen-bond donors (Lipinski definition) is 1. The maximum Gasteiger partial charge on any atom is 0.193 e. The molecule has 8 heteroatoms. The number of benzene rings is 1. The summed E-state index contributed by atoms with van der Waals surface area (Å²) in [6, 6.07) is 8.13. The molecule has 0 saturated carbocycles. The predicted octanol–water partition coefficient (Wildman–Crippen LogP) is 2.54. The Hall–Kier alpha value is -0.770. The van der Waals surface area contributed by atoms with Gasteiger partial charge in [-0.25, -0.2) is 0 Å². The zero-order chi connectivity index (χ0) is 19.9. The second-order valence-electron chi connectivity index (χ2n) is 8.09. The summed E-state index contributed by atoms with van der Waals surface area (Å²) in [6.07, 6.45) is 0. The van der Waals surface area contributed by atoms with Crippen LogP contribution in [0.5, 0.6) is 0 Å². The van der Waals surface area contributed by atoms with Crippen LogP contribution in [0.2, 0.25) is 5.02 Å². The Kier molecular flexibility index (Phi) is 10.3. The Morgan fingerprint density at radius 1 is 1.10 bits per heavy atom. The van der Waals surface area contributed by atoms with E-state index in [1.54, 1.807) is 0 Å². The first-order valence-electron chi connectivity index (χ1n) is 10.4. The summed E-state index contributed by atoms with van der Waals surface area (Å²) in [4.78, 5) is 14.3. The van der Waals surface area contributed by atoms with Crippen LogP contribution in [0.4, 0.5) is 5.69 Å². The number of aliphatic imine (C=N–C) groups is 1. The highest BCUT2D eigenvalue weighted by Crippen LogP contribution is 2.20. The fourth-order valence-electron chi connectivity index (χ4n) is 3.98. The quantitative estimate of drug-likeness (QED) is 0.357. The highest BCUT2D eigenvalue weighted by Gasteiger charge is 2.21. The molecule has 1 atom stereocenters. The fraction of sp³-hybridized carbons (Fsp3) is 0.667. The third-order valence-electron chi connectivity index (χ3n) is 5.74. The van der Waals surface area contributed by atoms with E-state index >= 15 is 0 Å². The van der Waals surface area contributed by atoms with Crippen LogP contribution in [0.15, 0.2) is 29.3 Å². The molecule has 0 radical (unpaired) electrons. The first-order valence-corrected chi connectivity index (χ1v) is 10.8. The van der Waals surface area contributed by atoms with Crippen molar-refractivity contribution < 1.29 is 0 Å². The van der Waals surface area contributed by atoms with Crippen molar-refractivity contribution in [2.24, 2.45) is 10.9 Å². The van der Waals surface area contributed by atoms with E-state index in [1.807, 2.05) is 25.2 Å². The zero-order valence-electron chi connectivity index (χ0n) is 18.0. The Bertz CT molecular complexity index is 642. The molecule has 0 aliphatic carbocycles. The van der Waals surface area contributed by atoms with Crippen LogP contribution in [0.1, 0.15) is 6.92 Å². The molecular formula is C21H36ClIN6. The molecule has 29 heavy (non-hydrogen) atoms. The second-order valence-corrected chi connectivity index (χ2v) is 8.53. The number of guanidine groups is 1. The third-order valence-corrected chi connectivity index (χ3v) is 5.97. The maximum absolute atomic E-state index is 6.14. The SMILES string of the molecule is CN=C(NCC(C)CN1CCN(C)CC1)N1CCN(c2cccc(Cl)c2)CC1.I. The minimum absolute atomic E-state index is 0. The van der Waals surface area contributed by atoms with Crippen LogP contribution in [-0.2, 0) is 0 Å². The molecule has 0 aromatic heterocycles. The minimum atomic E-state index is 0. The van der Waals surface area contributed by atoms with Gasteiger partial charge in [-0.05, 0) is 31.2 Å². The summed E-state index contributed by atoms with van der Waals surface area (Å²) in [5.41, 5.74) is 1.20. The molecule has 1 aromatic rings. The Labute approximate surface area is 198 Å². The molecule has 2 saturated heterocycles. The average molecular weight is 535 g/mol. The lowest BCUT2D eigenvalue weighted by atomic mass is 10.1. The highest BCUT2D eigenvalue weighted by atomic mass is 127. The normalized spacial score (nSPS) is 20.3. The molecule has 0 amide bonds. The maximum atomic E-state index is 6.14. The van der Waals surface area contributed by atoms with Gasteiger partial charge in [-0.15, -0.1) is 24.0 Å². The number of piperazine rings is 2. The van der Waals surface area contributed by atoms with E-state index < -0.39 is 0 Å². The lowest BCUT2D eigenvalue weighted by Crippen LogP contribution is -2.53. The second kappa shape index (κ2) is 12.2. The van der Waals surface area contributed by atoms with Gasteiger partial charge in [0.25, 0.3) is 0 Å². The largest absolute Gasteiger partial charge is 0.368 e. The summed E-state index contributed by atoms with van der Waals surface area (Å²) in [7, 11) is 4.09. The van der Waals surface area contributed by atoms with Crippen LogP contribution >= 0.6 is 35.6 Å². The predicted molar refractivity (Wildman–Crippen MR) is 135 cm³/mol. The number of nitrogens with one attached hydrogen (secondary N) is 1. The van der Waals surface area contributed by atoms with E-state index in [1.165, 1.54) is 31.9 Å². The van der Waals surface area contributed by atoms with Crippen molar-refractivity contribution in [3.63, 3.8) is 0 Å². The lowest BCUT2D eigenvalue weighted by molar-refractivity contribution is 0.139. The summed E-state index contributed by atoms with van der Waals surface area (Å²) in [5, 5.41) is 4.40. The van der Waals surface area contributed by atoms with Crippen molar-refractivity contribution in [3.8, 4) is 0 Å². The van der Waals surface area contributed by atoms with E-state index in [4.69, 9.17) is 11.6 Å². The first kappa shape index (κ1) is 24.5. The first-order chi connectivity index (χ1) is 13.5. The van der Waals surface area contributed by atoms with Gasteiger partial charge in [0.1, 0.15) is 0 Å². The molecule has 2 heterocycles. The summed E-state index contributed by atoms with van der Waals surface area (Å²) in [5.74, 6) is 1.63. The summed E-state index contributed by atoms with van der Waals surface area (Å²) < 4.78 is 0. The van der Waals surface area contributed by atoms with E-state index in [0.29, 0.717) is 5.92 Å². The smallest absolute Gasteiger partial charge is 0.193 e. The number of hydrogen-bond acceptors (Lipinski definition) is 4. The molecule has 2 fully saturated rings. The van der Waals surface area contributed by atoms with Crippen LogP contribution in [0, 0.1) is 5.92 Å². The van der Waals surface area contributed by atoms with Gasteiger partial charge in [-0.1, -0.05) is 24.6 Å². The van der Waals surface area contributed by atoms with Gasteiger partial charge < -0.3 is 24.9 Å². The molecule has 1 aromatic carbocycles. The molecule has 6 nitrogen and oxygen atoms in total. The molecular weight excluding hydrogens is 499 g/mol. The van der Waals surface area contributed by atoms with E-state index in [2.05, 4.69) is 49.9 Å². The van der Waals surface area contributed by atoms with Crippen LogP contribution in [-0.4, -0.2) is 100 Å². The van der Waals surface area contributed by atoms with Gasteiger partial charge in [-0.3, -0.25) is 4.99 Å². The lowest BCUT2D eigenvalue weighted by Gasteiger charge is -2.38. The molecule has 0 bridgehead atoms. The number of rotatable bonds is 5. The number of halogens is 2. The van der Waals surface area contributed by atoms with Crippen molar-refractivity contribution in [2.45, 2.75) is 6.92 Å². The van der Waals surface area contributed by atoms with Crippen molar-refractivity contribution in [1.82, 2.24) is 20.0 Å². The van der Waals surface area contributed by atoms with Gasteiger partial charge >= 0.3 is 0 Å². The third kappa shape index (κ3) is 7.45. The summed E-state index contributed by atoms with van der Waals surface area (Å²) >= 11 is 6.14. The van der Waals surface area contributed by atoms with Crippen molar-refractivity contribution in [2.75, 3.05) is 84.4 Å². The Morgan fingerprint density at radius 2 is 1.79 bits per heavy atom. The Balaban J connectivity index is 0.00000300. The van der Waals surface area contributed by atoms with Gasteiger partial charge in [0, 0.05) is 83.2 Å². The zero-order valence-corrected chi connectivity index (χ0v) is 21.1. The van der Waals surface area contributed by atoms with E-state index in [9.17, 15) is 0 Å². The van der Waals surface area contributed by atoms with Crippen molar-refractivity contribution in [1.29, 1.82) is 0 Å². The number of likely N-dealkylation sites (N-methyl/N-ethyl adjacent to an activating group) is 1. The Morgan fingerprint density at radius 3 is 2.41 bits per heavy atom. The van der Waals surface area contributed by atoms with Gasteiger partial charge in [0.15, 0.2) is 5.96 Å². The molecule has 3 rings (SSSR count). The van der Waals surface area contributed by atoms with Crippen LogP contribution < -0.4 is 10.2 Å². The van der Waals surface area contributed by atoms with Gasteiger partial charge in [-0.2, -0.15) is 0 Å². The minimum Gasteiger partial charge on any atom is -0.368 e.